The van der Waals surface area contributed by atoms with Crippen LogP contribution in [0.4, 0.5) is 9.18 Å². The highest BCUT2D eigenvalue weighted by molar-refractivity contribution is 5.95. The van der Waals surface area contributed by atoms with Gasteiger partial charge in [-0.15, -0.1) is 0 Å². The Morgan fingerprint density at radius 1 is 1.21 bits per heavy atom. The number of benzene rings is 1. The number of carbonyl (C=O) groups is 3. The number of rotatable bonds is 10. The van der Waals surface area contributed by atoms with Crippen molar-refractivity contribution in [3.63, 3.8) is 0 Å². The van der Waals surface area contributed by atoms with Gasteiger partial charge in [-0.05, 0) is 58.1 Å². The first kappa shape index (κ1) is 30.3. The minimum Gasteiger partial charge on any atom is -0.481 e. The van der Waals surface area contributed by atoms with Gasteiger partial charge in [0.1, 0.15) is 11.4 Å². The molecule has 2 aromatic rings. The van der Waals surface area contributed by atoms with E-state index in [1.165, 1.54) is 17.0 Å². The van der Waals surface area contributed by atoms with E-state index in [2.05, 4.69) is 4.98 Å². The standard InChI is InChI=1S/C28H41FN4O6/c1-18(2)15-33(21-13-19(26(35)36)16-31(17-21)27(37)39-28(3,4)5)25(34)24-30-22-14-20(29)9-10-23(22)32(24)11-7-8-12-38-6/h9-10,14,18-19,21H,7-8,11-13,15-17H2,1-6H3,(H,35,36)/t19-,21?/m1/s1. The molecule has 1 unspecified atom stereocenters. The number of methoxy groups -OCH3 is 1. The van der Waals surface area contributed by atoms with Crippen molar-refractivity contribution in [1.29, 1.82) is 0 Å². The molecule has 1 aromatic heterocycles. The zero-order valence-corrected chi connectivity index (χ0v) is 23.8. The second-order valence-corrected chi connectivity index (χ2v) is 11.6. The summed E-state index contributed by atoms with van der Waals surface area (Å²) in [6.45, 7) is 10.7. The number of imidazole rings is 1. The molecule has 1 N–H and O–H groups in total. The Balaban J connectivity index is 2.00. The van der Waals surface area contributed by atoms with Gasteiger partial charge in [-0.2, -0.15) is 0 Å². The number of halogens is 1. The number of aliphatic carboxylic acids is 1. The molecule has 11 heteroatoms. The molecule has 10 nitrogen and oxygen atoms in total. The predicted octanol–water partition coefficient (Wildman–Crippen LogP) is 4.41. The molecule has 39 heavy (non-hydrogen) atoms. The molecule has 2 atom stereocenters. The van der Waals surface area contributed by atoms with E-state index in [4.69, 9.17) is 9.47 Å². The number of carboxylic acid groups (broad SMARTS) is 1. The number of piperidine rings is 1. The van der Waals surface area contributed by atoms with E-state index in [0.717, 1.165) is 12.8 Å². The van der Waals surface area contributed by atoms with E-state index in [1.54, 1.807) is 43.4 Å². The van der Waals surface area contributed by atoms with Gasteiger partial charge in [-0.25, -0.2) is 14.2 Å². The van der Waals surface area contributed by atoms with Crippen LogP contribution in [0.5, 0.6) is 0 Å². The molecule has 2 amide bonds. The van der Waals surface area contributed by atoms with Gasteiger partial charge in [0.2, 0.25) is 0 Å². The number of fused-ring (bicyclic) bond motifs is 1. The van der Waals surface area contributed by atoms with Gasteiger partial charge in [0, 0.05) is 46.0 Å². The van der Waals surface area contributed by atoms with Crippen molar-refractivity contribution in [2.75, 3.05) is 33.4 Å². The predicted molar refractivity (Wildman–Crippen MR) is 144 cm³/mol. The number of aryl methyl sites for hydroxylation is 1. The monoisotopic (exact) mass is 548 g/mol. The maximum atomic E-state index is 14.2. The molecular weight excluding hydrogens is 507 g/mol. The second kappa shape index (κ2) is 12.8. The normalized spacial score (nSPS) is 18.0. The Morgan fingerprint density at radius 3 is 2.54 bits per heavy atom. The highest BCUT2D eigenvalue weighted by Crippen LogP contribution is 2.27. The number of hydrogen-bond donors (Lipinski definition) is 1. The molecule has 0 bridgehead atoms. The first-order valence-electron chi connectivity index (χ1n) is 13.5. The van der Waals surface area contributed by atoms with Crippen LogP contribution >= 0.6 is 0 Å². The molecule has 2 heterocycles. The molecule has 0 saturated carbocycles. The van der Waals surface area contributed by atoms with Crippen LogP contribution in [-0.2, 0) is 20.8 Å². The van der Waals surface area contributed by atoms with Gasteiger partial charge in [0.25, 0.3) is 5.91 Å². The number of carboxylic acids is 1. The maximum absolute atomic E-state index is 14.2. The highest BCUT2D eigenvalue weighted by Gasteiger charge is 2.40. The minimum absolute atomic E-state index is 0.00173. The summed E-state index contributed by atoms with van der Waals surface area (Å²) in [6.07, 6.45) is 1.07. The molecule has 0 spiro atoms. The zero-order valence-electron chi connectivity index (χ0n) is 23.8. The summed E-state index contributed by atoms with van der Waals surface area (Å²) in [5.41, 5.74) is 0.264. The van der Waals surface area contributed by atoms with Crippen LogP contribution in [0, 0.1) is 17.7 Å². The lowest BCUT2D eigenvalue weighted by molar-refractivity contribution is -0.144. The maximum Gasteiger partial charge on any atom is 0.410 e. The van der Waals surface area contributed by atoms with Crippen molar-refractivity contribution in [2.24, 2.45) is 11.8 Å². The molecule has 1 aliphatic heterocycles. The molecule has 216 valence electrons. The van der Waals surface area contributed by atoms with Crippen molar-refractivity contribution in [2.45, 2.75) is 72.1 Å². The van der Waals surface area contributed by atoms with Gasteiger partial charge in [-0.3, -0.25) is 9.59 Å². The van der Waals surface area contributed by atoms with Gasteiger partial charge < -0.3 is 28.9 Å². The van der Waals surface area contributed by atoms with Crippen LogP contribution in [0.25, 0.3) is 11.0 Å². The zero-order chi connectivity index (χ0) is 28.9. The van der Waals surface area contributed by atoms with Crippen molar-refractivity contribution >= 4 is 29.0 Å². The lowest BCUT2D eigenvalue weighted by Crippen LogP contribution is -2.57. The highest BCUT2D eigenvalue weighted by atomic mass is 19.1. The number of amides is 2. The summed E-state index contributed by atoms with van der Waals surface area (Å²) in [5, 5.41) is 9.87. The number of carbonyl (C=O) groups excluding carboxylic acids is 2. The van der Waals surface area contributed by atoms with Crippen LogP contribution in [0.2, 0.25) is 0 Å². The van der Waals surface area contributed by atoms with Crippen molar-refractivity contribution in [3.05, 3.63) is 29.8 Å². The van der Waals surface area contributed by atoms with Crippen molar-refractivity contribution < 1.29 is 33.4 Å². The van der Waals surface area contributed by atoms with E-state index >= 15 is 0 Å². The largest absolute Gasteiger partial charge is 0.481 e. The van der Waals surface area contributed by atoms with Gasteiger partial charge in [-0.1, -0.05) is 13.8 Å². The summed E-state index contributed by atoms with van der Waals surface area (Å²) in [5.74, 6) is -2.51. The first-order chi connectivity index (χ1) is 18.3. The molecule has 0 aliphatic carbocycles. The Hall–Kier alpha value is -3.21. The lowest BCUT2D eigenvalue weighted by Gasteiger charge is -2.42. The number of unbranched alkanes of at least 4 members (excludes halogenated alkanes) is 1. The average molecular weight is 549 g/mol. The fraction of sp³-hybridized carbons (Fsp3) is 0.643. The molecule has 1 fully saturated rings. The molecule has 1 aromatic carbocycles. The van der Waals surface area contributed by atoms with E-state index < -0.39 is 35.4 Å². The smallest absolute Gasteiger partial charge is 0.410 e. The van der Waals surface area contributed by atoms with Gasteiger partial charge in [0.05, 0.1) is 23.0 Å². The van der Waals surface area contributed by atoms with E-state index in [1.807, 2.05) is 13.8 Å². The third-order valence-electron chi connectivity index (χ3n) is 6.57. The number of aromatic nitrogens is 2. The van der Waals surface area contributed by atoms with Crippen molar-refractivity contribution in [1.82, 2.24) is 19.4 Å². The fourth-order valence-corrected chi connectivity index (χ4v) is 4.88. The number of hydrogen-bond acceptors (Lipinski definition) is 6. The van der Waals surface area contributed by atoms with Crippen molar-refractivity contribution in [3.8, 4) is 0 Å². The summed E-state index contributed by atoms with van der Waals surface area (Å²) >= 11 is 0. The quantitative estimate of drug-likeness (QED) is 0.438. The van der Waals surface area contributed by atoms with E-state index in [9.17, 15) is 23.9 Å². The summed E-state index contributed by atoms with van der Waals surface area (Å²) in [4.78, 5) is 46.7. The minimum atomic E-state index is -1.04. The van der Waals surface area contributed by atoms with E-state index in [-0.39, 0.29) is 37.2 Å². The van der Waals surface area contributed by atoms with Gasteiger partial charge >= 0.3 is 12.1 Å². The SMILES string of the molecule is COCCCCn1c(C(=O)N(CC(C)C)C2C[C@@H](C(=O)O)CN(C(=O)OC(C)(C)C)C2)nc2cc(F)ccc21. The molecular formula is C28H41FN4O6. The van der Waals surface area contributed by atoms with Crippen LogP contribution in [0.1, 0.15) is 64.5 Å². The van der Waals surface area contributed by atoms with Crippen LogP contribution in [0.3, 0.4) is 0 Å². The molecule has 3 rings (SSSR count). The lowest BCUT2D eigenvalue weighted by atomic mass is 9.92. The Morgan fingerprint density at radius 2 is 1.92 bits per heavy atom. The Kier molecular flexibility index (Phi) is 9.93. The average Bonchev–Trinajstić information content (AvgIpc) is 3.20. The van der Waals surface area contributed by atoms with Crippen LogP contribution in [-0.4, -0.2) is 87.4 Å². The Bertz CT molecular complexity index is 1170. The number of ether oxygens (including phenoxy) is 2. The number of likely N-dealkylation sites (tertiary alicyclic amines) is 1. The molecule has 0 radical (unpaired) electrons. The third-order valence-corrected chi connectivity index (χ3v) is 6.57. The summed E-state index contributed by atoms with van der Waals surface area (Å²) in [7, 11) is 1.63. The molecule has 1 aliphatic rings. The van der Waals surface area contributed by atoms with Gasteiger partial charge in [0.15, 0.2) is 5.82 Å². The summed E-state index contributed by atoms with van der Waals surface area (Å²) in [6, 6.07) is 3.69. The summed E-state index contributed by atoms with van der Waals surface area (Å²) < 4.78 is 26.5. The Labute approximate surface area is 229 Å². The second-order valence-electron chi connectivity index (χ2n) is 11.6. The topological polar surface area (TPSA) is 114 Å². The van der Waals surface area contributed by atoms with Crippen LogP contribution in [0.15, 0.2) is 18.2 Å². The third kappa shape index (κ3) is 7.90. The van der Waals surface area contributed by atoms with Crippen LogP contribution < -0.4 is 0 Å². The molecule has 1 saturated heterocycles. The van der Waals surface area contributed by atoms with E-state index in [0.29, 0.717) is 30.7 Å². The number of nitrogens with zero attached hydrogens (tertiary/aromatic N) is 4. The fourth-order valence-electron chi connectivity index (χ4n) is 4.88. The first-order valence-corrected chi connectivity index (χ1v) is 13.5.